The zero-order valence-electron chi connectivity index (χ0n) is 19.5. The minimum Gasteiger partial charge on any atom is -0.454 e. The van der Waals surface area contributed by atoms with Crippen LogP contribution in [0.1, 0.15) is 27.7 Å². The summed E-state index contributed by atoms with van der Waals surface area (Å²) in [7, 11) is -7.68. The largest absolute Gasteiger partial charge is 0.454 e. The summed E-state index contributed by atoms with van der Waals surface area (Å²) in [6, 6.07) is 6.47. The molecular weight excluding hydrogens is 486 g/mol. The maximum Gasteiger partial charge on any atom is 0.362 e. The summed E-state index contributed by atoms with van der Waals surface area (Å²) in [6.07, 6.45) is 0. The van der Waals surface area contributed by atoms with Crippen molar-refractivity contribution in [1.82, 2.24) is 0 Å². The second-order valence-corrected chi connectivity index (χ2v) is 11.0. The van der Waals surface area contributed by atoms with Crippen LogP contribution in [0.4, 0.5) is 0 Å². The molecule has 2 heterocycles. The Morgan fingerprint density at radius 2 is 0.971 bits per heavy atom. The normalized spacial score (nSPS) is 14.6. The lowest BCUT2D eigenvalue weighted by Crippen LogP contribution is -2.20. The molecule has 12 heteroatoms. The predicted molar refractivity (Wildman–Crippen MR) is 125 cm³/mol. The van der Waals surface area contributed by atoms with E-state index in [4.69, 9.17) is 37.0 Å². The quantitative estimate of drug-likeness (QED) is 0.395. The summed E-state index contributed by atoms with van der Waals surface area (Å²) in [4.78, 5) is 0. The second-order valence-electron chi connectivity index (χ2n) is 7.05. The monoisotopic (exact) mass is 514 g/mol. The number of hydrogen-bond acceptors (Lipinski definition) is 10. The van der Waals surface area contributed by atoms with Gasteiger partial charge in [-0.3, -0.25) is 9.13 Å². The highest BCUT2D eigenvalue weighted by Gasteiger charge is 2.41. The summed E-state index contributed by atoms with van der Waals surface area (Å²) in [6.45, 7) is 7.35. The minimum atomic E-state index is -3.84. The van der Waals surface area contributed by atoms with E-state index in [1.165, 1.54) is 0 Å². The Labute approximate surface area is 198 Å². The first-order valence-electron chi connectivity index (χ1n) is 11.1. The third-order valence-electron chi connectivity index (χ3n) is 5.07. The van der Waals surface area contributed by atoms with Crippen molar-refractivity contribution in [2.45, 2.75) is 27.7 Å². The highest BCUT2D eigenvalue weighted by molar-refractivity contribution is 7.63. The highest BCUT2D eigenvalue weighted by atomic mass is 31.2. The van der Waals surface area contributed by atoms with Gasteiger partial charge < -0.3 is 37.0 Å². The fraction of sp³-hybridized carbons (Fsp3) is 0.455. The average Bonchev–Trinajstić information content (AvgIpc) is 3.48. The van der Waals surface area contributed by atoms with Crippen molar-refractivity contribution in [3.8, 4) is 34.1 Å². The van der Waals surface area contributed by atoms with Gasteiger partial charge in [0, 0.05) is 11.1 Å². The molecule has 2 aliphatic heterocycles. The Morgan fingerprint density at radius 1 is 0.618 bits per heavy atom. The zero-order chi connectivity index (χ0) is 24.3. The van der Waals surface area contributed by atoms with Gasteiger partial charge in [-0.05, 0) is 52.0 Å². The molecule has 0 saturated carbocycles. The van der Waals surface area contributed by atoms with E-state index in [0.717, 1.165) is 0 Å². The van der Waals surface area contributed by atoms with Gasteiger partial charge in [0.25, 0.3) is 0 Å². The first-order valence-corrected chi connectivity index (χ1v) is 14.2. The van der Waals surface area contributed by atoms with Crippen LogP contribution in [-0.4, -0.2) is 40.0 Å². The molecule has 10 nitrogen and oxygen atoms in total. The van der Waals surface area contributed by atoms with Crippen LogP contribution in [0.2, 0.25) is 0 Å². The summed E-state index contributed by atoms with van der Waals surface area (Å²) >= 11 is 0. The van der Waals surface area contributed by atoms with Crippen molar-refractivity contribution in [3.05, 3.63) is 24.3 Å². The van der Waals surface area contributed by atoms with Crippen LogP contribution in [0, 0.1) is 0 Å². The van der Waals surface area contributed by atoms with Gasteiger partial charge in [0.1, 0.15) is 0 Å². The van der Waals surface area contributed by atoms with Gasteiger partial charge in [-0.2, -0.15) is 0 Å². The number of rotatable bonds is 11. The topological polar surface area (TPSA) is 108 Å². The van der Waals surface area contributed by atoms with Crippen LogP contribution < -0.4 is 29.6 Å². The van der Waals surface area contributed by atoms with Crippen molar-refractivity contribution in [2.24, 2.45) is 0 Å². The Bertz CT molecular complexity index is 1040. The van der Waals surface area contributed by atoms with Crippen molar-refractivity contribution in [3.63, 3.8) is 0 Å². The van der Waals surface area contributed by atoms with E-state index in [0.29, 0.717) is 34.1 Å². The van der Waals surface area contributed by atoms with E-state index in [-0.39, 0.29) is 50.6 Å². The van der Waals surface area contributed by atoms with E-state index >= 15 is 0 Å². The zero-order valence-corrected chi connectivity index (χ0v) is 21.3. The number of benzene rings is 2. The van der Waals surface area contributed by atoms with Gasteiger partial charge >= 0.3 is 15.2 Å². The van der Waals surface area contributed by atoms with Crippen LogP contribution in [0.5, 0.6) is 23.0 Å². The second kappa shape index (κ2) is 10.3. The molecule has 0 bridgehead atoms. The molecule has 0 saturated heterocycles. The molecule has 0 atom stereocenters. The van der Waals surface area contributed by atoms with E-state index in [1.54, 1.807) is 52.0 Å². The molecule has 4 rings (SSSR count). The molecule has 0 spiro atoms. The van der Waals surface area contributed by atoms with Crippen LogP contribution in [0.15, 0.2) is 24.3 Å². The molecule has 0 aliphatic carbocycles. The van der Waals surface area contributed by atoms with Crippen LogP contribution in [0.25, 0.3) is 11.1 Å². The molecule has 0 fully saturated rings. The third kappa shape index (κ3) is 4.35. The molecule has 0 amide bonds. The highest BCUT2D eigenvalue weighted by Crippen LogP contribution is 2.58. The Kier molecular flexibility index (Phi) is 7.57. The molecular formula is C22H28O10P2. The van der Waals surface area contributed by atoms with Gasteiger partial charge in [-0.15, -0.1) is 0 Å². The van der Waals surface area contributed by atoms with Crippen molar-refractivity contribution in [2.75, 3.05) is 40.0 Å². The Hall–Kier alpha value is -2.06. The predicted octanol–water partition coefficient (Wildman–Crippen LogP) is 4.59. The van der Waals surface area contributed by atoms with Crippen LogP contribution in [0.3, 0.4) is 0 Å². The van der Waals surface area contributed by atoms with Gasteiger partial charge in [0.05, 0.1) is 37.0 Å². The lowest BCUT2D eigenvalue weighted by atomic mass is 10.0. The molecule has 0 aromatic heterocycles. The Morgan fingerprint density at radius 3 is 1.29 bits per heavy atom. The number of ether oxygens (including phenoxy) is 4. The summed E-state index contributed by atoms with van der Waals surface area (Å²) < 4.78 is 73.3. The first kappa shape index (κ1) is 25.0. The molecule has 34 heavy (non-hydrogen) atoms. The fourth-order valence-electron chi connectivity index (χ4n) is 3.90. The van der Waals surface area contributed by atoms with Gasteiger partial charge in [0.2, 0.25) is 13.6 Å². The average molecular weight is 514 g/mol. The first-order chi connectivity index (χ1) is 16.4. The van der Waals surface area contributed by atoms with Crippen LogP contribution in [-0.2, 0) is 27.2 Å². The van der Waals surface area contributed by atoms with Crippen molar-refractivity contribution < 1.29 is 46.2 Å². The van der Waals surface area contributed by atoms with Gasteiger partial charge in [-0.25, -0.2) is 0 Å². The summed E-state index contributed by atoms with van der Waals surface area (Å²) in [5, 5.41) is 0.426. The summed E-state index contributed by atoms with van der Waals surface area (Å²) in [5.74, 6) is 1.43. The maximum atomic E-state index is 14.0. The molecule has 0 radical (unpaired) electrons. The Balaban J connectivity index is 2.09. The lowest BCUT2D eigenvalue weighted by molar-refractivity contribution is 0.173. The van der Waals surface area contributed by atoms with E-state index in [2.05, 4.69) is 0 Å². The molecule has 2 aliphatic rings. The number of hydrogen-bond donors (Lipinski definition) is 0. The van der Waals surface area contributed by atoms with E-state index < -0.39 is 15.2 Å². The van der Waals surface area contributed by atoms with Gasteiger partial charge in [-0.1, -0.05) is 0 Å². The summed E-state index contributed by atoms with van der Waals surface area (Å²) in [5.41, 5.74) is 0.606. The minimum absolute atomic E-state index is 0.0460. The maximum absolute atomic E-state index is 14.0. The van der Waals surface area contributed by atoms with E-state index in [1.807, 2.05) is 0 Å². The SMILES string of the molecule is CCOP(=O)(OCC)c1ccc2c(c1-c1c(P(=O)(OCC)OCC)ccc3c1OCO3)OCO2. The molecule has 2 aromatic carbocycles. The smallest absolute Gasteiger partial charge is 0.362 e. The molecule has 186 valence electrons. The van der Waals surface area contributed by atoms with Gasteiger partial charge in [0.15, 0.2) is 23.0 Å². The molecule has 0 unspecified atom stereocenters. The van der Waals surface area contributed by atoms with Crippen LogP contribution >= 0.6 is 15.2 Å². The number of fused-ring (bicyclic) bond motifs is 2. The van der Waals surface area contributed by atoms with E-state index in [9.17, 15) is 9.13 Å². The standard InChI is InChI=1S/C22H28O10P2/c1-5-29-33(23,30-6-2)17-11-9-15-21(27-13-25-15)19(17)20-18(34(24,31-7-3)32-8-4)12-10-16-22(20)28-14-26-16/h9-12H,5-8,13-14H2,1-4H3. The molecule has 2 aromatic rings. The fourth-order valence-corrected chi connectivity index (χ4v) is 7.45. The lowest BCUT2D eigenvalue weighted by Gasteiger charge is -2.25. The van der Waals surface area contributed by atoms with Crippen molar-refractivity contribution >= 4 is 25.8 Å². The third-order valence-corrected chi connectivity index (χ3v) is 9.39. The molecule has 0 N–H and O–H groups in total. The van der Waals surface area contributed by atoms with Crippen molar-refractivity contribution in [1.29, 1.82) is 0 Å².